The molecule has 30 heavy (non-hydrogen) atoms. The zero-order chi connectivity index (χ0) is 21.5. The van der Waals surface area contributed by atoms with Crippen molar-refractivity contribution in [3.63, 3.8) is 0 Å². The molecular formula is C20H24N6O3S. The molecule has 0 bridgehead atoms. The van der Waals surface area contributed by atoms with Gasteiger partial charge in [-0.25, -0.2) is 8.42 Å². The highest BCUT2D eigenvalue weighted by Gasteiger charge is 2.34. The Morgan fingerprint density at radius 3 is 2.63 bits per heavy atom. The Balaban J connectivity index is 1.67. The predicted octanol–water partition coefficient (Wildman–Crippen LogP) is 1.82. The van der Waals surface area contributed by atoms with Gasteiger partial charge in [0.05, 0.1) is 35.3 Å². The van der Waals surface area contributed by atoms with Gasteiger partial charge in [-0.05, 0) is 31.5 Å². The number of sulfonamides is 1. The molecule has 1 saturated heterocycles. The molecule has 0 aliphatic carbocycles. The molecule has 1 amide bonds. The molecule has 1 aliphatic rings. The van der Waals surface area contributed by atoms with E-state index in [1.807, 2.05) is 38.2 Å². The van der Waals surface area contributed by atoms with Crippen LogP contribution < -0.4 is 10.6 Å². The first kappa shape index (κ1) is 20.3. The summed E-state index contributed by atoms with van der Waals surface area (Å²) in [7, 11) is -3.23. The average Bonchev–Trinajstić information content (AvgIpc) is 3.17. The van der Waals surface area contributed by atoms with Gasteiger partial charge in [-0.15, -0.1) is 0 Å². The van der Waals surface area contributed by atoms with Gasteiger partial charge in [0.25, 0.3) is 5.91 Å². The van der Waals surface area contributed by atoms with Crippen LogP contribution in [0.4, 0.5) is 5.69 Å². The van der Waals surface area contributed by atoms with Crippen molar-refractivity contribution in [3.8, 4) is 11.1 Å². The summed E-state index contributed by atoms with van der Waals surface area (Å²) in [5, 5.41) is 13.9. The lowest BCUT2D eigenvalue weighted by molar-refractivity contribution is 0.0896. The number of benzene rings is 1. The molecule has 158 valence electrons. The third kappa shape index (κ3) is 4.01. The van der Waals surface area contributed by atoms with Crippen molar-refractivity contribution in [2.24, 2.45) is 0 Å². The van der Waals surface area contributed by atoms with Crippen LogP contribution in [-0.4, -0.2) is 65.2 Å². The van der Waals surface area contributed by atoms with E-state index in [2.05, 4.69) is 25.8 Å². The van der Waals surface area contributed by atoms with Crippen molar-refractivity contribution in [2.75, 3.05) is 24.7 Å². The highest BCUT2D eigenvalue weighted by molar-refractivity contribution is 7.88. The maximum Gasteiger partial charge on any atom is 0.255 e. The van der Waals surface area contributed by atoms with Crippen LogP contribution in [0.3, 0.4) is 0 Å². The third-order valence-electron chi connectivity index (χ3n) is 5.03. The number of aromatic amines is 1. The maximum atomic E-state index is 13.0. The first-order chi connectivity index (χ1) is 14.2. The van der Waals surface area contributed by atoms with Crippen LogP contribution >= 0.6 is 0 Å². The second-order valence-corrected chi connectivity index (χ2v) is 9.80. The quantitative estimate of drug-likeness (QED) is 0.551. The van der Waals surface area contributed by atoms with Gasteiger partial charge >= 0.3 is 0 Å². The molecule has 10 heteroatoms. The number of nitrogens with one attached hydrogen (secondary N) is 3. The van der Waals surface area contributed by atoms with Gasteiger partial charge in [0.2, 0.25) is 10.0 Å². The highest BCUT2D eigenvalue weighted by atomic mass is 32.2. The Kier molecular flexibility index (Phi) is 5.20. The second kappa shape index (κ2) is 7.69. The monoisotopic (exact) mass is 428 g/mol. The number of carbonyl (C=O) groups excluding carboxylic acids is 1. The van der Waals surface area contributed by atoms with Gasteiger partial charge < -0.3 is 10.6 Å². The van der Waals surface area contributed by atoms with E-state index in [0.717, 1.165) is 22.0 Å². The summed E-state index contributed by atoms with van der Waals surface area (Å²) in [6, 6.07) is 5.76. The van der Waals surface area contributed by atoms with Crippen LogP contribution in [0.1, 0.15) is 24.2 Å². The van der Waals surface area contributed by atoms with Crippen molar-refractivity contribution in [3.05, 3.63) is 42.4 Å². The normalized spacial score (nSPS) is 15.3. The summed E-state index contributed by atoms with van der Waals surface area (Å²) in [6.45, 7) is 4.57. The van der Waals surface area contributed by atoms with Crippen molar-refractivity contribution >= 4 is 32.5 Å². The van der Waals surface area contributed by atoms with Crippen molar-refractivity contribution < 1.29 is 13.2 Å². The summed E-state index contributed by atoms with van der Waals surface area (Å²) >= 11 is 0. The number of hydrogen-bond acceptors (Lipinski definition) is 6. The number of H-pyrrole nitrogens is 1. The number of fused-ring (bicyclic) bond motifs is 1. The van der Waals surface area contributed by atoms with E-state index in [-0.39, 0.29) is 31.1 Å². The lowest BCUT2D eigenvalue weighted by Gasteiger charge is -2.37. The second-order valence-electron chi connectivity index (χ2n) is 7.82. The zero-order valence-electron chi connectivity index (χ0n) is 17.0. The summed E-state index contributed by atoms with van der Waals surface area (Å²) in [5.74, 6) is -0.278. The Morgan fingerprint density at radius 1 is 1.23 bits per heavy atom. The topological polar surface area (TPSA) is 120 Å². The van der Waals surface area contributed by atoms with E-state index < -0.39 is 10.0 Å². The molecule has 0 spiro atoms. The number of carbonyl (C=O) groups is 1. The SMILES string of the molecule is CC(C)Nc1c(C(=O)NC2CN(S(C)(=O)=O)C2)cnc2ccc(-c3cn[nH]c3)cc12. The van der Waals surface area contributed by atoms with Crippen LogP contribution in [0.15, 0.2) is 36.8 Å². The molecule has 0 saturated carbocycles. The molecule has 3 N–H and O–H groups in total. The highest BCUT2D eigenvalue weighted by Crippen LogP contribution is 2.31. The summed E-state index contributed by atoms with van der Waals surface area (Å²) in [4.78, 5) is 17.5. The number of amides is 1. The van der Waals surface area contributed by atoms with Gasteiger partial charge in [0, 0.05) is 42.5 Å². The lowest BCUT2D eigenvalue weighted by Crippen LogP contribution is -2.60. The van der Waals surface area contributed by atoms with Crippen LogP contribution in [0.25, 0.3) is 22.0 Å². The lowest BCUT2D eigenvalue weighted by atomic mass is 10.0. The first-order valence-corrected chi connectivity index (χ1v) is 11.5. The fourth-order valence-corrected chi connectivity index (χ4v) is 4.36. The Bertz CT molecular complexity index is 1180. The Hall–Kier alpha value is -2.98. The fraction of sp³-hybridized carbons (Fsp3) is 0.350. The van der Waals surface area contributed by atoms with Crippen molar-refractivity contribution in [2.45, 2.75) is 25.9 Å². The molecule has 9 nitrogen and oxygen atoms in total. The van der Waals surface area contributed by atoms with E-state index in [9.17, 15) is 13.2 Å². The van der Waals surface area contributed by atoms with Crippen LogP contribution in [-0.2, 0) is 10.0 Å². The molecule has 0 unspecified atom stereocenters. The standard InChI is InChI=1S/C20H24N6O3S/c1-12(2)24-19-16-6-13(14-7-22-23-8-14)4-5-18(16)21-9-17(19)20(27)25-15-10-26(11-15)30(3,28)29/h4-9,12,15H,10-11H2,1-3H3,(H,21,24)(H,22,23)(H,25,27). The van der Waals surface area contributed by atoms with E-state index >= 15 is 0 Å². The van der Waals surface area contributed by atoms with Crippen LogP contribution in [0.2, 0.25) is 0 Å². The molecule has 1 aromatic carbocycles. The van der Waals surface area contributed by atoms with E-state index in [4.69, 9.17) is 0 Å². The molecule has 1 fully saturated rings. The van der Waals surface area contributed by atoms with Gasteiger partial charge in [0.15, 0.2) is 0 Å². The average molecular weight is 429 g/mol. The number of aromatic nitrogens is 3. The molecule has 1 aliphatic heterocycles. The number of nitrogens with zero attached hydrogens (tertiary/aromatic N) is 3. The molecule has 0 radical (unpaired) electrons. The summed E-state index contributed by atoms with van der Waals surface area (Å²) in [6.07, 6.45) is 6.28. The number of rotatable bonds is 6. The number of anilines is 1. The van der Waals surface area contributed by atoms with Crippen LogP contribution in [0.5, 0.6) is 0 Å². The smallest absolute Gasteiger partial charge is 0.255 e. The minimum absolute atomic E-state index is 0.101. The maximum absolute atomic E-state index is 13.0. The largest absolute Gasteiger partial charge is 0.382 e. The van der Waals surface area contributed by atoms with Crippen molar-refractivity contribution in [1.29, 1.82) is 0 Å². The molecule has 3 heterocycles. The Labute approximate surface area is 174 Å². The van der Waals surface area contributed by atoms with Gasteiger partial charge in [-0.2, -0.15) is 9.40 Å². The van der Waals surface area contributed by atoms with E-state index in [0.29, 0.717) is 11.3 Å². The third-order valence-corrected chi connectivity index (χ3v) is 6.27. The summed E-state index contributed by atoms with van der Waals surface area (Å²) in [5.41, 5.74) is 3.81. The molecule has 2 aromatic heterocycles. The molecule has 4 rings (SSSR count). The molecule has 0 atom stereocenters. The van der Waals surface area contributed by atoms with Crippen molar-refractivity contribution in [1.82, 2.24) is 24.8 Å². The first-order valence-electron chi connectivity index (χ1n) is 9.67. The Morgan fingerprint density at radius 2 is 2.00 bits per heavy atom. The number of pyridine rings is 1. The zero-order valence-corrected chi connectivity index (χ0v) is 17.8. The molecular weight excluding hydrogens is 404 g/mol. The van der Waals surface area contributed by atoms with Gasteiger partial charge in [-0.1, -0.05) is 6.07 Å². The van der Waals surface area contributed by atoms with Gasteiger partial charge in [-0.3, -0.25) is 14.9 Å². The summed E-state index contributed by atoms with van der Waals surface area (Å²) < 4.78 is 24.4. The predicted molar refractivity (Wildman–Crippen MR) is 116 cm³/mol. The van der Waals surface area contributed by atoms with Gasteiger partial charge in [0.1, 0.15) is 0 Å². The van der Waals surface area contributed by atoms with E-state index in [1.165, 1.54) is 10.6 Å². The minimum atomic E-state index is -3.23. The fourth-order valence-electron chi connectivity index (χ4n) is 3.46. The molecule has 3 aromatic rings. The van der Waals surface area contributed by atoms with E-state index in [1.54, 1.807) is 12.4 Å². The van der Waals surface area contributed by atoms with Crippen LogP contribution in [0, 0.1) is 0 Å². The minimum Gasteiger partial charge on any atom is -0.382 e. The number of hydrogen-bond donors (Lipinski definition) is 3.